The van der Waals surface area contributed by atoms with Gasteiger partial charge in [-0.25, -0.2) is 0 Å². The first-order chi connectivity index (χ1) is 7.80. The van der Waals surface area contributed by atoms with Crippen molar-refractivity contribution in [2.75, 3.05) is 0 Å². The summed E-state index contributed by atoms with van der Waals surface area (Å²) in [5, 5.41) is 2.88. The SMILES string of the molecule is CC(C)C(=O)NCc1cccc(C(C)(C)C)n1. The molecular formula is C14H22N2O. The van der Waals surface area contributed by atoms with Gasteiger partial charge in [-0.15, -0.1) is 0 Å². The number of rotatable bonds is 3. The number of amides is 1. The summed E-state index contributed by atoms with van der Waals surface area (Å²) >= 11 is 0. The Labute approximate surface area is 104 Å². The van der Waals surface area contributed by atoms with E-state index in [1.54, 1.807) is 0 Å². The molecule has 17 heavy (non-hydrogen) atoms. The van der Waals surface area contributed by atoms with Crippen molar-refractivity contribution >= 4 is 5.91 Å². The summed E-state index contributed by atoms with van der Waals surface area (Å²) in [7, 11) is 0. The molecule has 1 amide bonds. The van der Waals surface area contributed by atoms with Crippen molar-refractivity contribution in [3.8, 4) is 0 Å². The van der Waals surface area contributed by atoms with Gasteiger partial charge in [-0.3, -0.25) is 9.78 Å². The largest absolute Gasteiger partial charge is 0.350 e. The van der Waals surface area contributed by atoms with Crippen LogP contribution in [0, 0.1) is 5.92 Å². The van der Waals surface area contributed by atoms with Gasteiger partial charge in [0.05, 0.1) is 12.2 Å². The molecule has 0 saturated carbocycles. The highest BCUT2D eigenvalue weighted by atomic mass is 16.1. The topological polar surface area (TPSA) is 42.0 Å². The Morgan fingerprint density at radius 3 is 2.53 bits per heavy atom. The van der Waals surface area contributed by atoms with E-state index in [-0.39, 0.29) is 17.2 Å². The molecule has 0 spiro atoms. The van der Waals surface area contributed by atoms with Crippen molar-refractivity contribution in [2.24, 2.45) is 5.92 Å². The van der Waals surface area contributed by atoms with Gasteiger partial charge in [0.15, 0.2) is 0 Å². The van der Waals surface area contributed by atoms with Crippen LogP contribution in [0.2, 0.25) is 0 Å². The molecule has 0 aliphatic heterocycles. The Kier molecular flexibility index (Phi) is 4.27. The molecule has 0 aliphatic carbocycles. The van der Waals surface area contributed by atoms with Gasteiger partial charge in [-0.05, 0) is 12.1 Å². The summed E-state index contributed by atoms with van der Waals surface area (Å²) in [6.07, 6.45) is 0. The zero-order chi connectivity index (χ0) is 13.1. The Morgan fingerprint density at radius 1 is 1.35 bits per heavy atom. The molecule has 0 saturated heterocycles. The lowest BCUT2D eigenvalue weighted by molar-refractivity contribution is -0.124. The van der Waals surface area contributed by atoms with E-state index >= 15 is 0 Å². The van der Waals surface area contributed by atoms with Crippen LogP contribution in [0.1, 0.15) is 46.0 Å². The fourth-order valence-corrected chi connectivity index (χ4v) is 1.38. The molecule has 0 aliphatic rings. The maximum Gasteiger partial charge on any atom is 0.222 e. The molecule has 0 unspecified atom stereocenters. The standard InChI is InChI=1S/C14H22N2O/c1-10(2)13(17)15-9-11-7-6-8-12(16-11)14(3,4)5/h6-8,10H,9H2,1-5H3,(H,15,17). The van der Waals surface area contributed by atoms with Crippen LogP contribution < -0.4 is 5.32 Å². The normalized spacial score (nSPS) is 11.6. The average Bonchev–Trinajstić information content (AvgIpc) is 2.25. The predicted molar refractivity (Wildman–Crippen MR) is 69.6 cm³/mol. The lowest BCUT2D eigenvalue weighted by atomic mass is 9.91. The van der Waals surface area contributed by atoms with E-state index in [2.05, 4.69) is 31.1 Å². The van der Waals surface area contributed by atoms with Crippen molar-refractivity contribution in [1.82, 2.24) is 10.3 Å². The minimum Gasteiger partial charge on any atom is -0.350 e. The van der Waals surface area contributed by atoms with Crippen molar-refractivity contribution < 1.29 is 4.79 Å². The van der Waals surface area contributed by atoms with Crippen molar-refractivity contribution in [3.63, 3.8) is 0 Å². The molecule has 0 fully saturated rings. The molecule has 1 aromatic heterocycles. The number of hydrogen-bond acceptors (Lipinski definition) is 2. The van der Waals surface area contributed by atoms with Gasteiger partial charge < -0.3 is 5.32 Å². The second-order valence-corrected chi connectivity index (χ2v) is 5.64. The molecule has 0 aromatic carbocycles. The molecule has 3 heteroatoms. The van der Waals surface area contributed by atoms with Gasteiger partial charge in [-0.2, -0.15) is 0 Å². The van der Waals surface area contributed by atoms with E-state index in [9.17, 15) is 4.79 Å². The number of nitrogens with zero attached hydrogens (tertiary/aromatic N) is 1. The van der Waals surface area contributed by atoms with Crippen LogP contribution >= 0.6 is 0 Å². The summed E-state index contributed by atoms with van der Waals surface area (Å²) < 4.78 is 0. The molecule has 3 nitrogen and oxygen atoms in total. The number of carbonyl (C=O) groups excluding carboxylic acids is 1. The van der Waals surface area contributed by atoms with Gasteiger partial charge in [-0.1, -0.05) is 40.7 Å². The van der Waals surface area contributed by atoms with E-state index in [1.807, 2.05) is 32.0 Å². The third-order valence-corrected chi connectivity index (χ3v) is 2.54. The fourth-order valence-electron chi connectivity index (χ4n) is 1.38. The zero-order valence-corrected chi connectivity index (χ0v) is 11.4. The number of pyridine rings is 1. The molecule has 0 radical (unpaired) electrons. The van der Waals surface area contributed by atoms with Crippen LogP contribution in [0.25, 0.3) is 0 Å². The number of aromatic nitrogens is 1. The summed E-state index contributed by atoms with van der Waals surface area (Å²) in [6, 6.07) is 5.95. The van der Waals surface area contributed by atoms with Crippen molar-refractivity contribution in [2.45, 2.75) is 46.6 Å². The van der Waals surface area contributed by atoms with E-state index in [1.165, 1.54) is 0 Å². The van der Waals surface area contributed by atoms with Crippen molar-refractivity contribution in [1.29, 1.82) is 0 Å². The van der Waals surface area contributed by atoms with Crippen LogP contribution in [-0.4, -0.2) is 10.9 Å². The van der Waals surface area contributed by atoms with E-state index in [4.69, 9.17) is 0 Å². The summed E-state index contributed by atoms with van der Waals surface area (Å²) in [5.41, 5.74) is 2.00. The molecule has 1 rings (SSSR count). The Bertz CT molecular complexity index is 391. The van der Waals surface area contributed by atoms with Crippen LogP contribution in [0.4, 0.5) is 0 Å². The second kappa shape index (κ2) is 5.30. The maximum atomic E-state index is 11.5. The highest BCUT2D eigenvalue weighted by molar-refractivity contribution is 5.77. The highest BCUT2D eigenvalue weighted by Crippen LogP contribution is 2.19. The maximum absolute atomic E-state index is 11.5. The minimum absolute atomic E-state index is 0.0146. The van der Waals surface area contributed by atoms with Gasteiger partial charge in [0.2, 0.25) is 5.91 Å². The lowest BCUT2D eigenvalue weighted by Gasteiger charge is -2.18. The van der Waals surface area contributed by atoms with Crippen molar-refractivity contribution in [3.05, 3.63) is 29.6 Å². The summed E-state index contributed by atoms with van der Waals surface area (Å²) in [4.78, 5) is 16.0. The molecule has 0 bridgehead atoms. The Hall–Kier alpha value is -1.38. The smallest absolute Gasteiger partial charge is 0.222 e. The third-order valence-electron chi connectivity index (χ3n) is 2.54. The lowest BCUT2D eigenvalue weighted by Crippen LogP contribution is -2.27. The zero-order valence-electron chi connectivity index (χ0n) is 11.4. The van der Waals surface area contributed by atoms with Crippen LogP contribution in [-0.2, 0) is 16.8 Å². The van der Waals surface area contributed by atoms with Crippen LogP contribution in [0.5, 0.6) is 0 Å². The average molecular weight is 234 g/mol. The number of nitrogens with one attached hydrogen (secondary N) is 1. The first-order valence-corrected chi connectivity index (χ1v) is 6.05. The molecule has 0 atom stereocenters. The first kappa shape index (κ1) is 13.7. The number of carbonyl (C=O) groups is 1. The minimum atomic E-state index is 0.0146. The third kappa shape index (κ3) is 4.17. The molecule has 1 aromatic rings. The second-order valence-electron chi connectivity index (χ2n) is 5.64. The van der Waals surface area contributed by atoms with Crippen LogP contribution in [0.3, 0.4) is 0 Å². The van der Waals surface area contributed by atoms with Gasteiger partial charge >= 0.3 is 0 Å². The molecule has 1 heterocycles. The molecule has 94 valence electrons. The highest BCUT2D eigenvalue weighted by Gasteiger charge is 2.15. The van der Waals surface area contributed by atoms with Gasteiger partial charge in [0.1, 0.15) is 0 Å². The van der Waals surface area contributed by atoms with E-state index < -0.39 is 0 Å². The van der Waals surface area contributed by atoms with E-state index in [0.717, 1.165) is 11.4 Å². The summed E-state index contributed by atoms with van der Waals surface area (Å²) in [5.74, 6) is 0.0776. The molecular weight excluding hydrogens is 212 g/mol. The fraction of sp³-hybridized carbons (Fsp3) is 0.571. The van der Waals surface area contributed by atoms with Crippen LogP contribution in [0.15, 0.2) is 18.2 Å². The van der Waals surface area contributed by atoms with E-state index in [0.29, 0.717) is 6.54 Å². The molecule has 1 N–H and O–H groups in total. The van der Waals surface area contributed by atoms with Gasteiger partial charge in [0.25, 0.3) is 0 Å². The Morgan fingerprint density at radius 2 is 2.00 bits per heavy atom. The number of hydrogen-bond donors (Lipinski definition) is 1. The Balaban J connectivity index is 2.70. The first-order valence-electron chi connectivity index (χ1n) is 6.05. The van der Waals surface area contributed by atoms with Gasteiger partial charge in [0, 0.05) is 17.0 Å². The monoisotopic (exact) mass is 234 g/mol. The summed E-state index contributed by atoms with van der Waals surface area (Å²) in [6.45, 7) is 10.7. The quantitative estimate of drug-likeness (QED) is 0.873. The predicted octanol–water partition coefficient (Wildman–Crippen LogP) is 2.65.